The molecule has 0 aromatic carbocycles. The van der Waals surface area contributed by atoms with Crippen molar-refractivity contribution in [2.75, 3.05) is 0 Å². The molecule has 4 nitrogen and oxygen atoms in total. The smallest absolute Gasteiger partial charge is 0.503 e. The second-order valence-corrected chi connectivity index (χ2v) is 6.29. The van der Waals surface area contributed by atoms with Crippen LogP contribution in [0.1, 0.15) is 16.2 Å². The van der Waals surface area contributed by atoms with Gasteiger partial charge in [-0.1, -0.05) is 0 Å². The Kier molecular flexibility index (Phi) is 5.93. The minimum Gasteiger partial charge on any atom is -0.503 e. The molecule has 13 heteroatoms. The third kappa shape index (κ3) is 3.75. The summed E-state index contributed by atoms with van der Waals surface area (Å²) in [7, 11) is -3.47. The lowest BCUT2D eigenvalue weighted by Crippen LogP contribution is -2.08. The SMILES string of the molecule is O=C(/C=C(\OB(F)F)c1[nH]c(I)c(F)c1F)c1[nH]c(I)c(F)c1F. The predicted octanol–water partition coefficient (Wildman–Crippen LogP) is 4.27. The summed E-state index contributed by atoms with van der Waals surface area (Å²) in [4.78, 5) is 16.1. The van der Waals surface area contributed by atoms with Crippen molar-refractivity contribution < 1.29 is 35.6 Å². The van der Waals surface area contributed by atoms with E-state index in [1.54, 1.807) is 0 Å². The average Bonchev–Trinajstić information content (AvgIpc) is 2.91. The number of rotatable bonds is 5. The molecule has 0 saturated heterocycles. The summed E-state index contributed by atoms with van der Waals surface area (Å²) in [6.45, 7) is 0. The fourth-order valence-electron chi connectivity index (χ4n) is 1.64. The first-order valence-corrected chi connectivity index (χ1v) is 7.95. The molecule has 0 aliphatic heterocycles. The van der Waals surface area contributed by atoms with Gasteiger partial charge in [0.2, 0.25) is 5.78 Å². The number of aromatic nitrogens is 2. The Labute approximate surface area is 157 Å². The number of nitrogens with one attached hydrogen (secondary N) is 2. The summed E-state index contributed by atoms with van der Waals surface area (Å²) >= 11 is 2.72. The number of carbonyl (C=O) groups is 1. The minimum atomic E-state index is -3.47. The number of allylic oxidation sites excluding steroid dienone is 1. The molecule has 0 aliphatic carbocycles. The number of H-pyrrole nitrogens is 2. The Morgan fingerprint density at radius 3 is 1.75 bits per heavy atom. The normalized spacial score (nSPS) is 11.8. The lowest BCUT2D eigenvalue weighted by molar-refractivity contribution is 0.103. The van der Waals surface area contributed by atoms with E-state index in [0.717, 1.165) is 0 Å². The zero-order valence-corrected chi connectivity index (χ0v) is 15.3. The van der Waals surface area contributed by atoms with Crippen molar-refractivity contribution in [3.05, 3.63) is 48.1 Å². The number of hydrogen-bond acceptors (Lipinski definition) is 2. The summed E-state index contributed by atoms with van der Waals surface area (Å²) in [6, 6.07) is 0. The lowest BCUT2D eigenvalue weighted by atomic mass is 10.2. The van der Waals surface area contributed by atoms with Gasteiger partial charge in [0.05, 0.1) is 0 Å². The van der Waals surface area contributed by atoms with E-state index in [9.17, 15) is 31.0 Å². The molecule has 2 N–H and O–H groups in total. The van der Waals surface area contributed by atoms with Gasteiger partial charge in [-0.3, -0.25) is 4.79 Å². The van der Waals surface area contributed by atoms with Crippen LogP contribution in [0.25, 0.3) is 5.76 Å². The van der Waals surface area contributed by atoms with E-state index in [2.05, 4.69) is 14.6 Å². The maximum absolute atomic E-state index is 13.7. The molecule has 0 unspecified atom stereocenters. The topological polar surface area (TPSA) is 57.9 Å². The summed E-state index contributed by atoms with van der Waals surface area (Å²) < 4.78 is 82.0. The monoisotopic (exact) mass is 574 g/mol. The largest absolute Gasteiger partial charge is 0.796 e. The Hall–Kier alpha value is -1.13. The van der Waals surface area contributed by atoms with Gasteiger partial charge in [0.25, 0.3) is 0 Å². The summed E-state index contributed by atoms with van der Waals surface area (Å²) in [5.74, 6) is -8.19. The van der Waals surface area contributed by atoms with Gasteiger partial charge in [-0.05, 0) is 45.2 Å². The van der Waals surface area contributed by atoms with Gasteiger partial charge in [-0.15, -0.1) is 0 Å². The molecule has 0 atom stereocenters. The molecular weight excluding hydrogens is 571 g/mol. The van der Waals surface area contributed by atoms with E-state index in [-0.39, 0.29) is 7.40 Å². The minimum absolute atomic E-state index is 0.293. The fraction of sp³-hybridized carbons (Fsp3) is 0. The van der Waals surface area contributed by atoms with Gasteiger partial charge in [-0.2, -0.15) is 0 Å². The van der Waals surface area contributed by atoms with Crippen LogP contribution in [0.5, 0.6) is 0 Å². The summed E-state index contributed by atoms with van der Waals surface area (Å²) in [5.41, 5.74) is -1.75. The number of hydrogen-bond donors (Lipinski definition) is 2. The van der Waals surface area contributed by atoms with E-state index in [1.165, 1.54) is 45.2 Å². The molecular formula is C11H3BF6I2N2O2. The first kappa shape index (κ1) is 19.2. The van der Waals surface area contributed by atoms with Gasteiger partial charge in [0.1, 0.15) is 24.5 Å². The first-order valence-electron chi connectivity index (χ1n) is 5.79. The summed E-state index contributed by atoms with van der Waals surface area (Å²) in [5, 5.41) is 0. The number of halogens is 8. The second-order valence-electron chi connectivity index (χ2n) is 4.14. The molecule has 0 fully saturated rings. The quantitative estimate of drug-likeness (QED) is 0.140. The Morgan fingerprint density at radius 1 is 0.917 bits per heavy atom. The van der Waals surface area contributed by atoms with Crippen molar-refractivity contribution in [3.8, 4) is 0 Å². The van der Waals surface area contributed by atoms with Crippen molar-refractivity contribution in [2.24, 2.45) is 0 Å². The first-order chi connectivity index (χ1) is 11.1. The van der Waals surface area contributed by atoms with Gasteiger partial charge < -0.3 is 14.6 Å². The van der Waals surface area contributed by atoms with Crippen LogP contribution in [0.3, 0.4) is 0 Å². The van der Waals surface area contributed by atoms with Gasteiger partial charge >= 0.3 is 7.47 Å². The molecule has 0 aliphatic rings. The Bertz CT molecular complexity index is 835. The standard InChI is InChI=1S/C11H3BF6I2N2O2/c13-4-6(15)10(19)21-8(4)2(23)1-3(24-12(17)18)9-5(14)7(16)11(20)22-9/h1,21-22H/b3-1-. The Morgan fingerprint density at radius 2 is 1.38 bits per heavy atom. The molecule has 24 heavy (non-hydrogen) atoms. The number of ketones is 1. The molecule has 0 radical (unpaired) electrons. The molecule has 0 saturated carbocycles. The van der Waals surface area contributed by atoms with Crippen molar-refractivity contribution in [2.45, 2.75) is 0 Å². The third-order valence-corrected chi connectivity index (χ3v) is 4.14. The molecule has 2 heterocycles. The van der Waals surface area contributed by atoms with E-state index in [4.69, 9.17) is 0 Å². The molecule has 2 aromatic rings. The van der Waals surface area contributed by atoms with Crippen molar-refractivity contribution in [1.29, 1.82) is 0 Å². The highest BCUT2D eigenvalue weighted by molar-refractivity contribution is 14.1. The van der Waals surface area contributed by atoms with Crippen LogP contribution in [-0.2, 0) is 4.65 Å². The third-order valence-electron chi connectivity index (χ3n) is 2.65. The number of aromatic amines is 2. The van der Waals surface area contributed by atoms with Gasteiger partial charge in [-0.25, -0.2) is 26.2 Å². The molecule has 0 spiro atoms. The average molecular weight is 574 g/mol. The van der Waals surface area contributed by atoms with Crippen LogP contribution in [0.15, 0.2) is 6.08 Å². The molecule has 128 valence electrons. The molecule has 2 rings (SSSR count). The lowest BCUT2D eigenvalue weighted by Gasteiger charge is -2.06. The van der Waals surface area contributed by atoms with Crippen LogP contribution in [0.2, 0.25) is 0 Å². The van der Waals surface area contributed by atoms with E-state index in [0.29, 0.717) is 6.08 Å². The maximum Gasteiger partial charge on any atom is 0.796 e. The maximum atomic E-state index is 13.7. The van der Waals surface area contributed by atoms with Crippen LogP contribution in [-0.4, -0.2) is 23.2 Å². The van der Waals surface area contributed by atoms with E-state index in [1.807, 2.05) is 0 Å². The predicted molar refractivity (Wildman–Crippen MR) is 88.2 cm³/mol. The second kappa shape index (κ2) is 7.41. The zero-order chi connectivity index (χ0) is 18.2. The highest BCUT2D eigenvalue weighted by atomic mass is 127. The summed E-state index contributed by atoms with van der Waals surface area (Å²) in [6.07, 6.45) is 0.293. The fourth-order valence-corrected chi connectivity index (χ4v) is 2.66. The van der Waals surface area contributed by atoms with Gasteiger partial charge in [0, 0.05) is 6.08 Å². The van der Waals surface area contributed by atoms with Crippen molar-refractivity contribution in [3.63, 3.8) is 0 Å². The van der Waals surface area contributed by atoms with Crippen molar-refractivity contribution >= 4 is 64.2 Å². The molecule has 0 amide bonds. The van der Waals surface area contributed by atoms with Crippen LogP contribution in [0, 0.1) is 30.7 Å². The van der Waals surface area contributed by atoms with Crippen molar-refractivity contribution in [1.82, 2.24) is 9.97 Å². The van der Waals surface area contributed by atoms with Gasteiger partial charge in [0.15, 0.2) is 23.3 Å². The Balaban J connectivity index is 2.51. The molecule has 0 bridgehead atoms. The highest BCUT2D eigenvalue weighted by Crippen LogP contribution is 2.26. The van der Waals surface area contributed by atoms with Crippen LogP contribution >= 0.6 is 45.2 Å². The van der Waals surface area contributed by atoms with E-state index < -0.39 is 53.7 Å². The number of carbonyl (C=O) groups excluding carboxylic acids is 1. The highest BCUT2D eigenvalue weighted by Gasteiger charge is 2.28. The molecule has 2 aromatic heterocycles. The zero-order valence-electron chi connectivity index (χ0n) is 11.0. The van der Waals surface area contributed by atoms with Crippen LogP contribution in [0.4, 0.5) is 26.2 Å². The van der Waals surface area contributed by atoms with E-state index >= 15 is 0 Å². The van der Waals surface area contributed by atoms with Crippen LogP contribution < -0.4 is 0 Å².